The van der Waals surface area contributed by atoms with Gasteiger partial charge in [0.2, 0.25) is 0 Å². The van der Waals surface area contributed by atoms with Gasteiger partial charge in [-0.15, -0.1) is 0 Å². The lowest BCUT2D eigenvalue weighted by Crippen LogP contribution is -2.51. The average molecular weight is 472 g/mol. The summed E-state index contributed by atoms with van der Waals surface area (Å²) in [6.07, 6.45) is 9.67. The van der Waals surface area contributed by atoms with Gasteiger partial charge in [0.15, 0.2) is 5.13 Å². The smallest absolute Gasteiger partial charge is 0.324 e. The highest BCUT2D eigenvalue weighted by Gasteiger charge is 2.34. The summed E-state index contributed by atoms with van der Waals surface area (Å²) >= 11 is -1.78. The van der Waals surface area contributed by atoms with Crippen molar-refractivity contribution in [3.63, 3.8) is 0 Å². The Bertz CT molecular complexity index is 803. The van der Waals surface area contributed by atoms with Crippen LogP contribution in [0.3, 0.4) is 0 Å². The molecule has 2 fully saturated rings. The number of carbonyl (C=O) groups is 2. The van der Waals surface area contributed by atoms with Crippen LogP contribution in [0.1, 0.15) is 70.4 Å². The number of aromatic nitrogens is 1. The summed E-state index contributed by atoms with van der Waals surface area (Å²) in [6.45, 7) is 3.16. The normalized spacial score (nSPS) is 23.2. The van der Waals surface area contributed by atoms with Crippen LogP contribution in [0.4, 0.5) is 14.9 Å². The fraction of sp³-hybridized carbons (Fsp3) is 0.750. The Balaban J connectivity index is 1.78. The third-order valence-corrected chi connectivity index (χ3v) is 8.14. The highest BCUT2D eigenvalue weighted by molar-refractivity contribution is 7.81. The Morgan fingerprint density at radius 3 is 2.35 bits per heavy atom. The van der Waals surface area contributed by atoms with Gasteiger partial charge in [0, 0.05) is 23.4 Å². The van der Waals surface area contributed by atoms with E-state index in [9.17, 15) is 18.4 Å². The van der Waals surface area contributed by atoms with Crippen LogP contribution in [0.15, 0.2) is 0 Å². The molecule has 1 heterocycles. The molecule has 11 heteroatoms. The zero-order valence-electron chi connectivity index (χ0n) is 18.0. The Hall–Kier alpha value is -1.72. The molecule has 2 amide bonds. The third-order valence-electron chi connectivity index (χ3n) is 6.25. The number of rotatable bonds is 7. The van der Waals surface area contributed by atoms with Gasteiger partial charge in [-0.1, -0.05) is 37.5 Å². The number of aryl methyl sites for hydroxylation is 1. The van der Waals surface area contributed by atoms with E-state index >= 15 is 0 Å². The van der Waals surface area contributed by atoms with Crippen molar-refractivity contribution in [3.05, 3.63) is 5.69 Å². The molecule has 0 spiro atoms. The number of hydrogen-bond acceptors (Lipinski definition) is 6. The van der Waals surface area contributed by atoms with E-state index in [0.29, 0.717) is 11.6 Å². The quantitative estimate of drug-likeness (QED) is 0.581. The van der Waals surface area contributed by atoms with Crippen molar-refractivity contribution in [3.8, 4) is 0 Å². The minimum Gasteiger partial charge on any atom is -0.755 e. The first kappa shape index (κ1) is 23.9. The number of carboxylic acids is 1. The first-order chi connectivity index (χ1) is 14.8. The SMILES string of the molecule is Cc1nc(NC(=O)N(C2CCCCC2)C2CCC(C)CC2)sc1N(CC(=O)O)S(=O)[O-]. The van der Waals surface area contributed by atoms with E-state index in [0.717, 1.165) is 67.0 Å². The number of amides is 2. The van der Waals surface area contributed by atoms with Crippen LogP contribution in [0.5, 0.6) is 0 Å². The summed E-state index contributed by atoms with van der Waals surface area (Å²) in [6, 6.07) is 0.225. The number of anilines is 2. The molecule has 9 nitrogen and oxygen atoms in total. The molecule has 0 aliphatic heterocycles. The van der Waals surface area contributed by atoms with E-state index in [2.05, 4.69) is 17.2 Å². The van der Waals surface area contributed by atoms with Crippen LogP contribution in [0.2, 0.25) is 0 Å². The summed E-state index contributed by atoms with van der Waals surface area (Å²) < 4.78 is 23.8. The average Bonchev–Trinajstić information content (AvgIpc) is 3.08. The first-order valence-electron chi connectivity index (χ1n) is 10.9. The summed E-state index contributed by atoms with van der Waals surface area (Å²) in [7, 11) is 0. The minimum absolute atomic E-state index is 0.195. The fourth-order valence-corrected chi connectivity index (χ4v) is 6.30. The molecule has 1 atom stereocenters. The van der Waals surface area contributed by atoms with Crippen molar-refractivity contribution >= 4 is 44.7 Å². The van der Waals surface area contributed by atoms with Crippen LogP contribution >= 0.6 is 11.3 Å². The number of carbonyl (C=O) groups excluding carboxylic acids is 1. The molecule has 1 aromatic heterocycles. The van der Waals surface area contributed by atoms with E-state index in [-0.39, 0.29) is 28.2 Å². The van der Waals surface area contributed by atoms with Gasteiger partial charge in [-0.25, -0.2) is 9.78 Å². The molecule has 2 N–H and O–H groups in total. The lowest BCUT2D eigenvalue weighted by Gasteiger charge is -2.42. The van der Waals surface area contributed by atoms with Gasteiger partial charge in [0.05, 0.1) is 5.69 Å². The molecule has 2 aliphatic rings. The maximum absolute atomic E-state index is 13.3. The van der Waals surface area contributed by atoms with Gasteiger partial charge in [-0.3, -0.25) is 18.6 Å². The van der Waals surface area contributed by atoms with E-state index in [4.69, 9.17) is 5.11 Å². The number of thiazole rings is 1. The Morgan fingerprint density at radius 2 is 1.77 bits per heavy atom. The lowest BCUT2D eigenvalue weighted by atomic mass is 9.84. The second-order valence-electron chi connectivity index (χ2n) is 8.60. The molecule has 0 bridgehead atoms. The molecule has 2 aliphatic carbocycles. The number of nitrogens with zero attached hydrogens (tertiary/aromatic N) is 3. The van der Waals surface area contributed by atoms with Crippen molar-refractivity contribution in [2.45, 2.75) is 83.7 Å². The summed E-state index contributed by atoms with van der Waals surface area (Å²) in [4.78, 5) is 30.7. The fourth-order valence-electron chi connectivity index (χ4n) is 4.65. The van der Waals surface area contributed by atoms with Crippen molar-refractivity contribution in [2.24, 2.45) is 5.92 Å². The molecule has 1 unspecified atom stereocenters. The first-order valence-corrected chi connectivity index (χ1v) is 12.8. The van der Waals surface area contributed by atoms with Crippen molar-refractivity contribution < 1.29 is 23.5 Å². The maximum atomic E-state index is 13.3. The predicted octanol–water partition coefficient (Wildman–Crippen LogP) is 3.88. The zero-order valence-corrected chi connectivity index (χ0v) is 19.7. The topological polar surface area (TPSA) is 126 Å². The van der Waals surface area contributed by atoms with E-state index in [1.165, 1.54) is 6.42 Å². The molecular formula is C20H31N4O5S2-. The van der Waals surface area contributed by atoms with Crippen molar-refractivity contribution in [1.29, 1.82) is 0 Å². The molecular weight excluding hydrogens is 440 g/mol. The largest absolute Gasteiger partial charge is 0.755 e. The molecule has 1 aromatic rings. The van der Waals surface area contributed by atoms with Gasteiger partial charge >= 0.3 is 12.0 Å². The predicted molar refractivity (Wildman–Crippen MR) is 120 cm³/mol. The molecule has 2 saturated carbocycles. The Morgan fingerprint density at radius 1 is 1.16 bits per heavy atom. The number of aliphatic carboxylic acids is 1. The summed E-state index contributed by atoms with van der Waals surface area (Å²) in [5.41, 5.74) is 0.362. The number of hydrogen-bond donors (Lipinski definition) is 2. The molecule has 31 heavy (non-hydrogen) atoms. The molecule has 0 aromatic carbocycles. The van der Waals surface area contributed by atoms with Gasteiger partial charge in [0.1, 0.15) is 11.5 Å². The third kappa shape index (κ3) is 6.17. The van der Waals surface area contributed by atoms with Crippen LogP contribution < -0.4 is 9.62 Å². The molecule has 3 rings (SSSR count). The maximum Gasteiger partial charge on any atom is 0.324 e. The van der Waals surface area contributed by atoms with E-state index in [1.54, 1.807) is 6.92 Å². The zero-order chi connectivity index (χ0) is 22.5. The van der Waals surface area contributed by atoms with Gasteiger partial charge in [-0.2, -0.15) is 0 Å². The van der Waals surface area contributed by atoms with Crippen LogP contribution in [0, 0.1) is 12.8 Å². The second-order valence-corrected chi connectivity index (χ2v) is 10.5. The number of urea groups is 1. The van der Waals surface area contributed by atoms with Gasteiger partial charge in [0.25, 0.3) is 0 Å². The molecule has 0 saturated heterocycles. The standard InChI is InChI=1S/C20H32N4O5S2/c1-13-8-10-16(11-9-13)24(15-6-4-3-5-7-15)20(27)22-19-21-14(2)18(30-19)23(31(28)29)12-17(25)26/h13,15-16H,3-12H2,1-2H3,(H,25,26)(H,28,29)(H,21,22,27)/p-1. The van der Waals surface area contributed by atoms with Gasteiger partial charge < -0.3 is 14.6 Å². The Labute approximate surface area is 189 Å². The second kappa shape index (κ2) is 10.7. The highest BCUT2D eigenvalue weighted by Crippen LogP contribution is 2.35. The van der Waals surface area contributed by atoms with Crippen molar-refractivity contribution in [2.75, 3.05) is 16.2 Å². The van der Waals surface area contributed by atoms with Gasteiger partial charge in [-0.05, 0) is 51.4 Å². The van der Waals surface area contributed by atoms with Crippen LogP contribution in [-0.4, -0.2) is 54.4 Å². The minimum atomic E-state index is -2.75. The highest BCUT2D eigenvalue weighted by atomic mass is 32.2. The summed E-state index contributed by atoms with van der Waals surface area (Å²) in [5.74, 6) is -0.581. The van der Waals surface area contributed by atoms with Crippen LogP contribution in [0.25, 0.3) is 0 Å². The number of nitrogens with one attached hydrogen (secondary N) is 1. The Kier molecular flexibility index (Phi) is 8.29. The monoisotopic (exact) mass is 471 g/mol. The number of carboxylic acid groups (broad SMARTS) is 1. The lowest BCUT2D eigenvalue weighted by molar-refractivity contribution is -0.135. The molecule has 0 radical (unpaired) electrons. The van der Waals surface area contributed by atoms with Crippen molar-refractivity contribution in [1.82, 2.24) is 9.88 Å². The van der Waals surface area contributed by atoms with Crippen LogP contribution in [-0.2, 0) is 16.1 Å². The van der Waals surface area contributed by atoms with E-state index in [1.807, 2.05) is 4.90 Å². The van der Waals surface area contributed by atoms with E-state index < -0.39 is 23.8 Å². The molecule has 174 valence electrons. The summed E-state index contributed by atoms with van der Waals surface area (Å²) in [5, 5.41) is 12.4.